The summed E-state index contributed by atoms with van der Waals surface area (Å²) in [7, 11) is -1.62. The standard InChI is InChI=1S/C13H22N4O2S/c1-11-15-12(9-16(11)2)20(18,19)17-8-5-13(10-17)3-6-14-7-4-13/h9,14H,3-8,10H2,1-2H3. The van der Waals surface area contributed by atoms with E-state index in [9.17, 15) is 8.42 Å². The van der Waals surface area contributed by atoms with Crippen molar-refractivity contribution in [1.82, 2.24) is 19.2 Å². The lowest BCUT2D eigenvalue weighted by Crippen LogP contribution is -2.39. The summed E-state index contributed by atoms with van der Waals surface area (Å²) in [5.74, 6) is 0.722. The minimum absolute atomic E-state index is 0.183. The van der Waals surface area contributed by atoms with Crippen LogP contribution < -0.4 is 5.32 Å². The van der Waals surface area contributed by atoms with Gasteiger partial charge in [0, 0.05) is 26.3 Å². The second-order valence-corrected chi connectivity index (χ2v) is 7.96. The SMILES string of the molecule is Cc1nc(S(=O)(=O)N2CCC3(CCNCC3)C2)cn1C. The van der Waals surface area contributed by atoms with E-state index in [2.05, 4.69) is 10.3 Å². The molecule has 112 valence electrons. The Hall–Kier alpha value is -0.920. The first-order valence-corrected chi connectivity index (χ1v) is 8.58. The van der Waals surface area contributed by atoms with Crippen LogP contribution in [-0.2, 0) is 17.1 Å². The topological polar surface area (TPSA) is 67.2 Å². The van der Waals surface area contributed by atoms with Crippen LogP contribution >= 0.6 is 0 Å². The Kier molecular flexibility index (Phi) is 3.38. The molecule has 1 aromatic rings. The van der Waals surface area contributed by atoms with Gasteiger partial charge in [-0.2, -0.15) is 4.31 Å². The molecule has 0 aliphatic carbocycles. The van der Waals surface area contributed by atoms with Crippen molar-refractivity contribution >= 4 is 10.0 Å². The Morgan fingerprint density at radius 1 is 1.30 bits per heavy atom. The van der Waals surface area contributed by atoms with Crippen molar-refractivity contribution < 1.29 is 8.42 Å². The van der Waals surface area contributed by atoms with E-state index in [0.717, 1.165) is 38.2 Å². The van der Waals surface area contributed by atoms with Crippen molar-refractivity contribution in [3.8, 4) is 0 Å². The normalized spacial score (nSPS) is 23.5. The molecule has 2 saturated heterocycles. The van der Waals surface area contributed by atoms with Crippen LogP contribution in [-0.4, -0.2) is 48.5 Å². The zero-order valence-electron chi connectivity index (χ0n) is 12.1. The maximum atomic E-state index is 12.7. The fraction of sp³-hybridized carbons (Fsp3) is 0.769. The molecule has 1 spiro atoms. The van der Waals surface area contributed by atoms with Crippen molar-refractivity contribution in [3.63, 3.8) is 0 Å². The van der Waals surface area contributed by atoms with Crippen molar-refractivity contribution in [3.05, 3.63) is 12.0 Å². The van der Waals surface area contributed by atoms with Crippen molar-refractivity contribution in [2.75, 3.05) is 26.2 Å². The third-order valence-electron chi connectivity index (χ3n) is 4.76. The molecule has 0 atom stereocenters. The Morgan fingerprint density at radius 3 is 2.60 bits per heavy atom. The Bertz CT molecular complexity index is 582. The van der Waals surface area contributed by atoms with Crippen LogP contribution in [0.5, 0.6) is 0 Å². The first kappa shape index (κ1) is 14.0. The average Bonchev–Trinajstić information content (AvgIpc) is 2.97. The van der Waals surface area contributed by atoms with Gasteiger partial charge in [0.15, 0.2) is 5.03 Å². The largest absolute Gasteiger partial charge is 0.337 e. The van der Waals surface area contributed by atoms with Crippen molar-refractivity contribution in [2.24, 2.45) is 12.5 Å². The van der Waals surface area contributed by atoms with Gasteiger partial charge < -0.3 is 9.88 Å². The number of imidazole rings is 1. The van der Waals surface area contributed by atoms with Crippen molar-refractivity contribution in [2.45, 2.75) is 31.2 Å². The number of sulfonamides is 1. The van der Waals surface area contributed by atoms with Crippen LogP contribution in [0.15, 0.2) is 11.2 Å². The van der Waals surface area contributed by atoms with Crippen LogP contribution in [0.4, 0.5) is 0 Å². The molecule has 1 N–H and O–H groups in total. The summed E-state index contributed by atoms with van der Waals surface area (Å²) in [5.41, 5.74) is 0.183. The molecule has 0 radical (unpaired) electrons. The van der Waals surface area contributed by atoms with Gasteiger partial charge in [0.05, 0.1) is 0 Å². The number of nitrogens with one attached hydrogen (secondary N) is 1. The summed E-state index contributed by atoms with van der Waals surface area (Å²) in [6, 6.07) is 0. The van der Waals surface area contributed by atoms with E-state index in [1.807, 2.05) is 14.0 Å². The molecule has 1 aromatic heterocycles. The molecule has 0 amide bonds. The van der Waals surface area contributed by atoms with Crippen LogP contribution in [0.1, 0.15) is 25.1 Å². The second kappa shape index (κ2) is 4.82. The summed E-state index contributed by atoms with van der Waals surface area (Å²) in [4.78, 5) is 4.18. The smallest absolute Gasteiger partial charge is 0.262 e. The van der Waals surface area contributed by atoms with Gasteiger partial charge >= 0.3 is 0 Å². The first-order valence-electron chi connectivity index (χ1n) is 7.14. The second-order valence-electron chi connectivity index (χ2n) is 6.08. The molecular formula is C13H22N4O2S. The predicted octanol–water partition coefficient (Wildman–Crippen LogP) is 0.493. The van der Waals surface area contributed by atoms with Gasteiger partial charge in [-0.25, -0.2) is 13.4 Å². The van der Waals surface area contributed by atoms with Gasteiger partial charge in [-0.3, -0.25) is 0 Å². The zero-order valence-corrected chi connectivity index (χ0v) is 12.9. The number of nitrogens with zero attached hydrogens (tertiary/aromatic N) is 3. The summed E-state index contributed by atoms with van der Waals surface area (Å²) in [6.07, 6.45) is 4.72. The molecule has 20 heavy (non-hydrogen) atoms. The first-order chi connectivity index (χ1) is 9.43. The quantitative estimate of drug-likeness (QED) is 0.863. The van der Waals surface area contributed by atoms with Crippen LogP contribution in [0.25, 0.3) is 0 Å². The fourth-order valence-electron chi connectivity index (χ4n) is 3.25. The van der Waals surface area contributed by atoms with E-state index in [-0.39, 0.29) is 10.4 Å². The highest BCUT2D eigenvalue weighted by Crippen LogP contribution is 2.40. The molecular weight excluding hydrogens is 276 g/mol. The van der Waals surface area contributed by atoms with Crippen molar-refractivity contribution in [1.29, 1.82) is 0 Å². The Balaban J connectivity index is 1.82. The maximum Gasteiger partial charge on any atom is 0.262 e. The molecule has 0 saturated carbocycles. The lowest BCUT2D eigenvalue weighted by atomic mass is 9.78. The number of piperidine rings is 1. The van der Waals surface area contributed by atoms with E-state index in [4.69, 9.17) is 0 Å². The van der Waals surface area contributed by atoms with Gasteiger partial charge in [-0.05, 0) is 44.7 Å². The monoisotopic (exact) mass is 298 g/mol. The zero-order chi connectivity index (χ0) is 14.4. The molecule has 0 unspecified atom stereocenters. The third-order valence-corrected chi connectivity index (χ3v) is 6.48. The van der Waals surface area contributed by atoms with E-state index in [1.165, 1.54) is 0 Å². The number of hydrogen-bond donors (Lipinski definition) is 1. The molecule has 0 aromatic carbocycles. The molecule has 3 rings (SSSR count). The Morgan fingerprint density at radius 2 is 2.00 bits per heavy atom. The van der Waals surface area contributed by atoms with Crippen LogP contribution in [0, 0.1) is 12.3 Å². The minimum Gasteiger partial charge on any atom is -0.337 e. The summed E-state index contributed by atoms with van der Waals surface area (Å²) in [5, 5.41) is 3.53. The number of aryl methyl sites for hydroxylation is 2. The molecule has 3 heterocycles. The molecule has 0 bridgehead atoms. The third kappa shape index (κ3) is 2.27. The van der Waals surface area contributed by atoms with Gasteiger partial charge in [0.25, 0.3) is 10.0 Å². The molecule has 2 fully saturated rings. The highest BCUT2D eigenvalue weighted by Gasteiger charge is 2.43. The van der Waals surface area contributed by atoms with E-state index in [1.54, 1.807) is 15.1 Å². The molecule has 7 heteroatoms. The predicted molar refractivity (Wildman–Crippen MR) is 75.9 cm³/mol. The van der Waals surface area contributed by atoms with E-state index >= 15 is 0 Å². The summed E-state index contributed by atoms with van der Waals surface area (Å²) in [6.45, 7) is 5.08. The number of hydrogen-bond acceptors (Lipinski definition) is 4. The van der Waals surface area contributed by atoms with Gasteiger partial charge in [-0.1, -0.05) is 0 Å². The van der Waals surface area contributed by atoms with E-state index < -0.39 is 10.0 Å². The maximum absolute atomic E-state index is 12.7. The lowest BCUT2D eigenvalue weighted by Gasteiger charge is -2.33. The highest BCUT2D eigenvalue weighted by molar-refractivity contribution is 7.89. The summed E-state index contributed by atoms with van der Waals surface area (Å²) >= 11 is 0. The van der Waals surface area contributed by atoms with Crippen LogP contribution in [0.2, 0.25) is 0 Å². The van der Waals surface area contributed by atoms with Gasteiger partial charge in [-0.15, -0.1) is 0 Å². The molecule has 2 aliphatic heterocycles. The summed E-state index contributed by atoms with van der Waals surface area (Å²) < 4.78 is 28.7. The van der Waals surface area contributed by atoms with E-state index in [0.29, 0.717) is 13.1 Å². The minimum atomic E-state index is -3.43. The molecule has 2 aliphatic rings. The van der Waals surface area contributed by atoms with Gasteiger partial charge in [0.2, 0.25) is 0 Å². The Labute approximate surface area is 120 Å². The fourth-order valence-corrected chi connectivity index (χ4v) is 4.83. The highest BCUT2D eigenvalue weighted by atomic mass is 32.2. The van der Waals surface area contributed by atoms with Crippen LogP contribution in [0.3, 0.4) is 0 Å². The van der Waals surface area contributed by atoms with Gasteiger partial charge in [0.1, 0.15) is 5.82 Å². The number of rotatable bonds is 2. The number of aromatic nitrogens is 2. The average molecular weight is 298 g/mol. The molecule has 6 nitrogen and oxygen atoms in total. The lowest BCUT2D eigenvalue weighted by molar-refractivity contribution is 0.218.